The van der Waals surface area contributed by atoms with E-state index in [1.807, 2.05) is 18.2 Å². The molecule has 0 aliphatic carbocycles. The number of likely N-dealkylation sites (tertiary alicyclic amines) is 1. The molecule has 2 rings (SSSR count). The van der Waals surface area contributed by atoms with Gasteiger partial charge in [0.1, 0.15) is 0 Å². The Hall–Kier alpha value is -0.770. The fourth-order valence-electron chi connectivity index (χ4n) is 2.38. The second kappa shape index (κ2) is 6.41. The smallest absolute Gasteiger partial charge is 0.0471 e. The van der Waals surface area contributed by atoms with Crippen LogP contribution in [0.25, 0.3) is 0 Å². The molecule has 1 fully saturated rings. The Morgan fingerprint density at radius 3 is 2.72 bits per heavy atom. The van der Waals surface area contributed by atoms with E-state index in [0.717, 1.165) is 35.9 Å². The van der Waals surface area contributed by atoms with E-state index < -0.39 is 0 Å². The lowest BCUT2D eigenvalue weighted by atomic mass is 10.2. The monoisotopic (exact) mass is 267 g/mol. The summed E-state index contributed by atoms with van der Waals surface area (Å²) >= 11 is 6.18. The van der Waals surface area contributed by atoms with Gasteiger partial charge in [-0.05, 0) is 50.7 Å². The van der Waals surface area contributed by atoms with Crippen molar-refractivity contribution in [3.8, 4) is 0 Å². The first-order chi connectivity index (χ1) is 8.65. The van der Waals surface area contributed by atoms with E-state index in [9.17, 15) is 0 Å². The van der Waals surface area contributed by atoms with Crippen molar-refractivity contribution in [1.29, 1.82) is 0 Å². The van der Waals surface area contributed by atoms with E-state index >= 15 is 0 Å². The minimum absolute atomic E-state index is 0.725. The summed E-state index contributed by atoms with van der Waals surface area (Å²) in [5.74, 6) is 0. The lowest BCUT2D eigenvalue weighted by molar-refractivity contribution is 0.252. The van der Waals surface area contributed by atoms with Crippen LogP contribution in [0.2, 0.25) is 5.02 Å². The molecule has 0 unspecified atom stereocenters. The second-order valence-corrected chi connectivity index (χ2v) is 5.54. The molecule has 18 heavy (non-hydrogen) atoms. The highest BCUT2D eigenvalue weighted by Crippen LogP contribution is 2.20. The van der Waals surface area contributed by atoms with E-state index in [0.29, 0.717) is 0 Å². The van der Waals surface area contributed by atoms with Crippen molar-refractivity contribution in [1.82, 2.24) is 9.80 Å². The highest BCUT2D eigenvalue weighted by molar-refractivity contribution is 6.31. The lowest BCUT2D eigenvalue weighted by Gasteiger charge is -2.21. The van der Waals surface area contributed by atoms with Crippen molar-refractivity contribution in [3.05, 3.63) is 28.8 Å². The minimum atomic E-state index is 0.725. The van der Waals surface area contributed by atoms with Gasteiger partial charge in [0.05, 0.1) is 0 Å². The van der Waals surface area contributed by atoms with Crippen LogP contribution in [0.3, 0.4) is 0 Å². The molecule has 0 radical (unpaired) electrons. The molecule has 1 aliphatic heterocycles. The molecule has 0 aromatic heterocycles. The van der Waals surface area contributed by atoms with Gasteiger partial charge in [-0.1, -0.05) is 17.7 Å². The zero-order valence-electron chi connectivity index (χ0n) is 11.0. The Morgan fingerprint density at radius 1 is 1.33 bits per heavy atom. The average Bonchev–Trinajstić information content (AvgIpc) is 2.83. The van der Waals surface area contributed by atoms with Crippen LogP contribution in [0.15, 0.2) is 18.2 Å². The van der Waals surface area contributed by atoms with Crippen LogP contribution in [0.4, 0.5) is 5.69 Å². The third-order valence-corrected chi connectivity index (χ3v) is 3.87. The molecule has 1 aliphatic rings. The zero-order chi connectivity index (χ0) is 13.0. The van der Waals surface area contributed by atoms with Crippen molar-refractivity contribution in [2.24, 2.45) is 0 Å². The summed E-state index contributed by atoms with van der Waals surface area (Å²) in [6, 6.07) is 5.75. The van der Waals surface area contributed by atoms with Gasteiger partial charge in [-0.25, -0.2) is 0 Å². The van der Waals surface area contributed by atoms with E-state index in [2.05, 4.69) is 16.8 Å². The maximum atomic E-state index is 6.18. The van der Waals surface area contributed by atoms with Crippen LogP contribution in [0.1, 0.15) is 18.4 Å². The molecule has 2 N–H and O–H groups in total. The van der Waals surface area contributed by atoms with E-state index in [1.54, 1.807) is 0 Å². The Kier molecular flexibility index (Phi) is 4.87. The van der Waals surface area contributed by atoms with Gasteiger partial charge in [0.25, 0.3) is 0 Å². The van der Waals surface area contributed by atoms with Gasteiger partial charge in [0.2, 0.25) is 0 Å². The zero-order valence-corrected chi connectivity index (χ0v) is 11.8. The molecular weight excluding hydrogens is 246 g/mol. The number of nitrogen functional groups attached to an aromatic ring is 1. The topological polar surface area (TPSA) is 32.5 Å². The Morgan fingerprint density at radius 2 is 2.06 bits per heavy atom. The third kappa shape index (κ3) is 3.87. The first-order valence-corrected chi connectivity index (χ1v) is 6.98. The van der Waals surface area contributed by atoms with Gasteiger partial charge in [-0.2, -0.15) is 0 Å². The van der Waals surface area contributed by atoms with E-state index in [-0.39, 0.29) is 0 Å². The number of hydrogen-bond acceptors (Lipinski definition) is 3. The van der Waals surface area contributed by atoms with Crippen molar-refractivity contribution in [2.75, 3.05) is 39.0 Å². The standard InChI is InChI=1S/C14H22ClN3/c1-17(8-9-18-6-2-3-7-18)11-12-4-5-13(16)10-14(12)15/h4-5,10H,2-3,6-9,11,16H2,1H3. The molecule has 1 aromatic rings. The lowest BCUT2D eigenvalue weighted by Crippen LogP contribution is -2.31. The number of benzene rings is 1. The third-order valence-electron chi connectivity index (χ3n) is 3.51. The molecule has 3 nitrogen and oxygen atoms in total. The number of rotatable bonds is 5. The summed E-state index contributed by atoms with van der Waals surface area (Å²) < 4.78 is 0. The summed E-state index contributed by atoms with van der Waals surface area (Å²) in [7, 11) is 2.14. The summed E-state index contributed by atoms with van der Waals surface area (Å²) in [5, 5.41) is 0.767. The first kappa shape index (κ1) is 13.7. The van der Waals surface area contributed by atoms with Crippen molar-refractivity contribution < 1.29 is 0 Å². The van der Waals surface area contributed by atoms with Crippen molar-refractivity contribution >= 4 is 17.3 Å². The van der Waals surface area contributed by atoms with Crippen LogP contribution < -0.4 is 5.73 Å². The van der Waals surface area contributed by atoms with Crippen molar-refractivity contribution in [3.63, 3.8) is 0 Å². The van der Waals surface area contributed by atoms with Gasteiger partial charge >= 0.3 is 0 Å². The van der Waals surface area contributed by atoms with Gasteiger partial charge < -0.3 is 15.5 Å². The minimum Gasteiger partial charge on any atom is -0.399 e. The quantitative estimate of drug-likeness (QED) is 0.832. The number of hydrogen-bond donors (Lipinski definition) is 1. The van der Waals surface area contributed by atoms with Crippen LogP contribution in [0, 0.1) is 0 Å². The fourth-order valence-corrected chi connectivity index (χ4v) is 2.63. The average molecular weight is 268 g/mol. The molecule has 1 heterocycles. The predicted octanol–water partition coefficient (Wildman–Crippen LogP) is 2.45. The number of nitrogens with zero attached hydrogens (tertiary/aromatic N) is 2. The van der Waals surface area contributed by atoms with Crippen LogP contribution in [-0.2, 0) is 6.54 Å². The van der Waals surface area contributed by atoms with Gasteiger partial charge in [0.15, 0.2) is 0 Å². The van der Waals surface area contributed by atoms with E-state index in [4.69, 9.17) is 17.3 Å². The molecule has 0 spiro atoms. The number of nitrogens with two attached hydrogens (primary N) is 1. The molecule has 0 atom stereocenters. The van der Waals surface area contributed by atoms with Crippen LogP contribution in [0.5, 0.6) is 0 Å². The molecule has 0 amide bonds. The highest BCUT2D eigenvalue weighted by atomic mass is 35.5. The van der Waals surface area contributed by atoms with Crippen LogP contribution in [-0.4, -0.2) is 43.0 Å². The van der Waals surface area contributed by atoms with Crippen LogP contribution >= 0.6 is 11.6 Å². The molecule has 100 valence electrons. The molecule has 0 saturated carbocycles. The molecule has 1 aromatic carbocycles. The van der Waals surface area contributed by atoms with Crippen molar-refractivity contribution in [2.45, 2.75) is 19.4 Å². The SMILES string of the molecule is CN(CCN1CCCC1)Cc1ccc(N)cc1Cl. The molecule has 4 heteroatoms. The normalized spacial score (nSPS) is 16.6. The number of halogens is 1. The Labute approximate surface area is 115 Å². The highest BCUT2D eigenvalue weighted by Gasteiger charge is 2.12. The number of anilines is 1. The second-order valence-electron chi connectivity index (χ2n) is 5.14. The summed E-state index contributed by atoms with van der Waals surface area (Å²) in [6.07, 6.45) is 2.71. The molecule has 1 saturated heterocycles. The summed E-state index contributed by atoms with van der Waals surface area (Å²) in [6.45, 7) is 5.64. The fraction of sp³-hybridized carbons (Fsp3) is 0.571. The maximum Gasteiger partial charge on any atom is 0.0471 e. The molecule has 0 bridgehead atoms. The summed E-state index contributed by atoms with van der Waals surface area (Å²) in [4.78, 5) is 4.84. The first-order valence-electron chi connectivity index (χ1n) is 6.60. The maximum absolute atomic E-state index is 6.18. The Balaban J connectivity index is 1.80. The largest absolute Gasteiger partial charge is 0.399 e. The molecular formula is C14H22ClN3. The van der Waals surface area contributed by atoms with Gasteiger partial charge in [0, 0.05) is 30.3 Å². The van der Waals surface area contributed by atoms with Gasteiger partial charge in [-0.3, -0.25) is 0 Å². The summed E-state index contributed by atoms with van der Waals surface area (Å²) in [5.41, 5.74) is 7.57. The predicted molar refractivity (Wildman–Crippen MR) is 77.9 cm³/mol. The number of likely N-dealkylation sites (N-methyl/N-ethyl adjacent to an activating group) is 1. The van der Waals surface area contributed by atoms with E-state index in [1.165, 1.54) is 25.9 Å². The van der Waals surface area contributed by atoms with Gasteiger partial charge in [-0.15, -0.1) is 0 Å². The Bertz CT molecular complexity index is 389.